The van der Waals surface area contributed by atoms with E-state index in [0.29, 0.717) is 18.0 Å². The van der Waals surface area contributed by atoms with Crippen LogP contribution in [0.1, 0.15) is 23.2 Å². The minimum absolute atomic E-state index is 0.0688. The van der Waals surface area contributed by atoms with Crippen molar-refractivity contribution in [2.45, 2.75) is 12.8 Å². The number of hydrogen-bond donors (Lipinski definition) is 3. The molecule has 4 N–H and O–H groups in total. The number of hydrogen-bond acceptors (Lipinski definition) is 5. The SMILES string of the molecule is Nc1oncc1C(=O)NCC1CCCNC1. The highest BCUT2D eigenvalue weighted by Crippen LogP contribution is 2.11. The highest BCUT2D eigenvalue weighted by atomic mass is 16.5. The van der Waals surface area contributed by atoms with Gasteiger partial charge in [-0.1, -0.05) is 5.16 Å². The number of nitrogens with one attached hydrogen (secondary N) is 2. The first-order valence-corrected chi connectivity index (χ1v) is 5.46. The molecule has 0 aromatic carbocycles. The monoisotopic (exact) mass is 224 g/mol. The first-order valence-electron chi connectivity index (χ1n) is 5.46. The second-order valence-corrected chi connectivity index (χ2v) is 4.03. The molecule has 0 spiro atoms. The standard InChI is InChI=1S/C10H16N4O2/c11-9-8(6-14-16-9)10(15)13-5-7-2-1-3-12-4-7/h6-7,12H,1-5,11H2,(H,13,15). The molecule has 0 bridgehead atoms. The predicted octanol–water partition coefficient (Wildman–Crippen LogP) is -0.0138. The first-order chi connectivity index (χ1) is 7.77. The molecular formula is C10H16N4O2. The third-order valence-corrected chi connectivity index (χ3v) is 2.79. The fourth-order valence-electron chi connectivity index (χ4n) is 1.85. The van der Waals surface area contributed by atoms with Gasteiger partial charge in [-0.2, -0.15) is 0 Å². The van der Waals surface area contributed by atoms with Gasteiger partial charge >= 0.3 is 0 Å². The van der Waals surface area contributed by atoms with E-state index in [1.807, 2.05) is 0 Å². The van der Waals surface area contributed by atoms with Gasteiger partial charge in [-0.15, -0.1) is 0 Å². The van der Waals surface area contributed by atoms with Crippen molar-refractivity contribution in [2.24, 2.45) is 5.92 Å². The smallest absolute Gasteiger partial charge is 0.258 e. The zero-order valence-electron chi connectivity index (χ0n) is 9.03. The summed E-state index contributed by atoms with van der Waals surface area (Å²) in [4.78, 5) is 11.7. The lowest BCUT2D eigenvalue weighted by Gasteiger charge is -2.22. The lowest BCUT2D eigenvalue weighted by molar-refractivity contribution is 0.0945. The highest BCUT2D eigenvalue weighted by Gasteiger charge is 2.17. The molecule has 88 valence electrons. The highest BCUT2D eigenvalue weighted by molar-refractivity contribution is 5.97. The Hall–Kier alpha value is -1.56. The molecule has 6 nitrogen and oxygen atoms in total. The molecule has 1 aromatic heterocycles. The molecule has 1 atom stereocenters. The molecule has 1 unspecified atom stereocenters. The van der Waals surface area contributed by atoms with Gasteiger partial charge in [-0.05, 0) is 31.8 Å². The Labute approximate surface area is 93.5 Å². The zero-order valence-corrected chi connectivity index (χ0v) is 9.03. The van der Waals surface area contributed by atoms with Gasteiger partial charge in [0.25, 0.3) is 5.91 Å². The van der Waals surface area contributed by atoms with Gasteiger partial charge in [0.2, 0.25) is 5.88 Å². The first kappa shape index (κ1) is 10.9. The summed E-state index contributed by atoms with van der Waals surface area (Å²) in [5.74, 6) is 0.349. The lowest BCUT2D eigenvalue weighted by Crippen LogP contribution is -2.38. The summed E-state index contributed by atoms with van der Waals surface area (Å²) >= 11 is 0. The van der Waals surface area contributed by atoms with Crippen molar-refractivity contribution in [3.63, 3.8) is 0 Å². The van der Waals surface area contributed by atoms with Crippen LogP contribution in [0.25, 0.3) is 0 Å². The Kier molecular flexibility index (Phi) is 3.40. The third-order valence-electron chi connectivity index (χ3n) is 2.79. The summed E-state index contributed by atoms with van der Waals surface area (Å²) in [5.41, 5.74) is 5.76. The molecule has 1 aliphatic rings. The Morgan fingerprint density at radius 1 is 1.75 bits per heavy atom. The van der Waals surface area contributed by atoms with E-state index in [2.05, 4.69) is 20.3 Å². The molecule has 16 heavy (non-hydrogen) atoms. The van der Waals surface area contributed by atoms with Crippen molar-refractivity contribution < 1.29 is 9.32 Å². The number of carbonyl (C=O) groups is 1. The molecule has 0 saturated carbocycles. The van der Waals surface area contributed by atoms with Crippen molar-refractivity contribution >= 4 is 11.8 Å². The van der Waals surface area contributed by atoms with E-state index in [1.165, 1.54) is 6.20 Å². The summed E-state index contributed by atoms with van der Waals surface area (Å²) in [6.45, 7) is 2.69. The summed E-state index contributed by atoms with van der Waals surface area (Å²) in [7, 11) is 0. The minimum Gasteiger partial charge on any atom is -0.367 e. The Balaban J connectivity index is 1.81. The topological polar surface area (TPSA) is 93.2 Å². The number of nitrogens with two attached hydrogens (primary N) is 1. The number of carbonyl (C=O) groups excluding carboxylic acids is 1. The molecule has 0 radical (unpaired) electrons. The molecule has 1 aromatic rings. The number of nitrogen functional groups attached to an aromatic ring is 1. The Morgan fingerprint density at radius 3 is 3.25 bits per heavy atom. The number of anilines is 1. The van der Waals surface area contributed by atoms with Gasteiger partial charge in [-0.3, -0.25) is 4.79 Å². The molecule has 0 aliphatic carbocycles. The maximum absolute atomic E-state index is 11.7. The normalized spacial score (nSPS) is 20.6. The molecular weight excluding hydrogens is 208 g/mol. The number of amides is 1. The predicted molar refractivity (Wildman–Crippen MR) is 58.8 cm³/mol. The van der Waals surface area contributed by atoms with Crippen molar-refractivity contribution in [3.05, 3.63) is 11.8 Å². The third kappa shape index (κ3) is 2.52. The molecule has 6 heteroatoms. The molecule has 1 amide bonds. The fourth-order valence-corrected chi connectivity index (χ4v) is 1.85. The summed E-state index contributed by atoms with van der Waals surface area (Å²) in [6, 6.07) is 0. The van der Waals surface area contributed by atoms with Crippen molar-refractivity contribution in [3.8, 4) is 0 Å². The molecule has 1 fully saturated rings. The van der Waals surface area contributed by atoms with E-state index in [4.69, 9.17) is 5.73 Å². The average molecular weight is 224 g/mol. The van der Waals surface area contributed by atoms with Crippen LogP contribution in [0.5, 0.6) is 0 Å². The van der Waals surface area contributed by atoms with Gasteiger partial charge in [0.1, 0.15) is 5.56 Å². The lowest BCUT2D eigenvalue weighted by atomic mass is 10.00. The quantitative estimate of drug-likeness (QED) is 0.671. The van der Waals surface area contributed by atoms with E-state index in [1.54, 1.807) is 0 Å². The van der Waals surface area contributed by atoms with Gasteiger partial charge < -0.3 is 20.9 Å². The maximum Gasteiger partial charge on any atom is 0.258 e. The number of aromatic nitrogens is 1. The van der Waals surface area contributed by atoms with Gasteiger partial charge in [0.05, 0.1) is 6.20 Å². The fraction of sp³-hybridized carbons (Fsp3) is 0.600. The molecule has 2 rings (SSSR count). The van der Waals surface area contributed by atoms with Crippen LogP contribution in [-0.4, -0.2) is 30.7 Å². The average Bonchev–Trinajstić information content (AvgIpc) is 2.74. The summed E-state index contributed by atoms with van der Waals surface area (Å²) in [5, 5.41) is 9.60. The summed E-state index contributed by atoms with van der Waals surface area (Å²) < 4.78 is 4.63. The zero-order chi connectivity index (χ0) is 11.4. The second-order valence-electron chi connectivity index (χ2n) is 4.03. The van der Waals surface area contributed by atoms with E-state index in [-0.39, 0.29) is 11.8 Å². The van der Waals surface area contributed by atoms with Gasteiger partial charge in [-0.25, -0.2) is 0 Å². The van der Waals surface area contributed by atoms with Crippen LogP contribution in [0.2, 0.25) is 0 Å². The summed E-state index contributed by atoms with van der Waals surface area (Å²) in [6.07, 6.45) is 3.64. The Morgan fingerprint density at radius 2 is 2.62 bits per heavy atom. The van der Waals surface area contributed by atoms with E-state index in [0.717, 1.165) is 25.9 Å². The van der Waals surface area contributed by atoms with Crippen LogP contribution in [-0.2, 0) is 0 Å². The van der Waals surface area contributed by atoms with Crippen LogP contribution in [0.4, 0.5) is 5.88 Å². The van der Waals surface area contributed by atoms with Crippen LogP contribution in [0.15, 0.2) is 10.7 Å². The molecule has 1 saturated heterocycles. The van der Waals surface area contributed by atoms with Crippen LogP contribution in [0, 0.1) is 5.92 Å². The van der Waals surface area contributed by atoms with Crippen LogP contribution >= 0.6 is 0 Å². The number of rotatable bonds is 3. The van der Waals surface area contributed by atoms with Crippen LogP contribution in [0.3, 0.4) is 0 Å². The van der Waals surface area contributed by atoms with E-state index in [9.17, 15) is 4.79 Å². The molecule has 1 aliphatic heterocycles. The van der Waals surface area contributed by atoms with Crippen molar-refractivity contribution in [1.82, 2.24) is 15.8 Å². The minimum atomic E-state index is -0.218. The number of nitrogens with zero attached hydrogens (tertiary/aromatic N) is 1. The van der Waals surface area contributed by atoms with Crippen molar-refractivity contribution in [1.29, 1.82) is 0 Å². The van der Waals surface area contributed by atoms with Crippen LogP contribution < -0.4 is 16.4 Å². The Bertz CT molecular complexity index is 357. The molecule has 2 heterocycles. The second kappa shape index (κ2) is 4.98. The maximum atomic E-state index is 11.7. The van der Waals surface area contributed by atoms with Crippen molar-refractivity contribution in [2.75, 3.05) is 25.4 Å². The van der Waals surface area contributed by atoms with Gasteiger partial charge in [0.15, 0.2) is 0 Å². The van der Waals surface area contributed by atoms with E-state index < -0.39 is 0 Å². The largest absolute Gasteiger partial charge is 0.367 e. The van der Waals surface area contributed by atoms with E-state index >= 15 is 0 Å². The van der Waals surface area contributed by atoms with Gasteiger partial charge in [0, 0.05) is 6.54 Å². The number of piperidine rings is 1.